The maximum absolute atomic E-state index is 12.3. The van der Waals surface area contributed by atoms with E-state index in [0.29, 0.717) is 11.8 Å². The van der Waals surface area contributed by atoms with Crippen molar-refractivity contribution in [2.45, 2.75) is 39.8 Å². The Morgan fingerprint density at radius 2 is 1.96 bits per heavy atom. The van der Waals surface area contributed by atoms with Gasteiger partial charge in [0.25, 0.3) is 0 Å². The van der Waals surface area contributed by atoms with E-state index in [1.807, 2.05) is 6.20 Å². The number of benzene rings is 1. The number of rotatable bonds is 4. The lowest BCUT2D eigenvalue weighted by Crippen LogP contribution is -2.34. The predicted octanol–water partition coefficient (Wildman–Crippen LogP) is 3.60. The number of carbonyl (C=O) groups is 1. The van der Waals surface area contributed by atoms with Crippen molar-refractivity contribution in [2.24, 2.45) is 11.8 Å². The summed E-state index contributed by atoms with van der Waals surface area (Å²) in [5.74, 6) is 1.25. The Balaban J connectivity index is 1.53. The smallest absolute Gasteiger partial charge is 0.219 e. The molecule has 2 saturated heterocycles. The van der Waals surface area contributed by atoms with Crippen molar-refractivity contribution >= 4 is 5.91 Å². The molecule has 0 N–H and O–H groups in total. The van der Waals surface area contributed by atoms with Gasteiger partial charge in [0, 0.05) is 45.2 Å². The van der Waals surface area contributed by atoms with Crippen LogP contribution in [0.5, 0.6) is 0 Å². The average Bonchev–Trinajstić information content (AvgIpc) is 3.20. The van der Waals surface area contributed by atoms with E-state index in [1.165, 1.54) is 16.7 Å². The highest BCUT2D eigenvalue weighted by molar-refractivity contribution is 5.74. The van der Waals surface area contributed by atoms with Gasteiger partial charge < -0.3 is 4.90 Å². The first-order chi connectivity index (χ1) is 13.1. The number of amides is 1. The molecular formula is C23H29N3O. The molecule has 0 saturated carbocycles. The molecule has 4 rings (SSSR count). The second-order valence-electron chi connectivity index (χ2n) is 8.10. The van der Waals surface area contributed by atoms with Crippen molar-refractivity contribution in [2.75, 3.05) is 19.6 Å². The van der Waals surface area contributed by atoms with E-state index in [4.69, 9.17) is 0 Å². The normalized spacial score (nSPS) is 25.0. The van der Waals surface area contributed by atoms with E-state index >= 15 is 0 Å². The molecule has 0 bridgehead atoms. The fourth-order valence-corrected chi connectivity index (χ4v) is 4.89. The van der Waals surface area contributed by atoms with Crippen LogP contribution in [0.2, 0.25) is 0 Å². The van der Waals surface area contributed by atoms with Gasteiger partial charge >= 0.3 is 0 Å². The number of nitrogens with zero attached hydrogens (tertiary/aromatic N) is 3. The molecule has 4 nitrogen and oxygen atoms in total. The molecule has 0 spiro atoms. The van der Waals surface area contributed by atoms with E-state index in [1.54, 1.807) is 6.92 Å². The summed E-state index contributed by atoms with van der Waals surface area (Å²) >= 11 is 0. The molecule has 2 aliphatic heterocycles. The largest absolute Gasteiger partial charge is 0.335 e. The van der Waals surface area contributed by atoms with Crippen molar-refractivity contribution in [1.82, 2.24) is 14.8 Å². The van der Waals surface area contributed by atoms with Crippen LogP contribution in [0.25, 0.3) is 0 Å². The summed E-state index contributed by atoms with van der Waals surface area (Å²) in [6.45, 7) is 9.88. The minimum Gasteiger partial charge on any atom is -0.335 e. The van der Waals surface area contributed by atoms with Gasteiger partial charge in [-0.15, -0.1) is 0 Å². The summed E-state index contributed by atoms with van der Waals surface area (Å²) in [5.41, 5.74) is 5.02. The number of hydrogen-bond donors (Lipinski definition) is 0. The van der Waals surface area contributed by atoms with E-state index in [0.717, 1.165) is 38.3 Å². The quantitative estimate of drug-likeness (QED) is 0.833. The predicted molar refractivity (Wildman–Crippen MR) is 107 cm³/mol. The van der Waals surface area contributed by atoms with Gasteiger partial charge in [0.05, 0.1) is 11.7 Å². The van der Waals surface area contributed by atoms with Crippen LogP contribution in [0.3, 0.4) is 0 Å². The molecule has 142 valence electrons. The van der Waals surface area contributed by atoms with Crippen molar-refractivity contribution in [3.05, 3.63) is 65.0 Å². The van der Waals surface area contributed by atoms with Gasteiger partial charge in [0.1, 0.15) is 0 Å². The zero-order valence-corrected chi connectivity index (χ0v) is 16.6. The zero-order valence-electron chi connectivity index (χ0n) is 16.6. The van der Waals surface area contributed by atoms with Gasteiger partial charge in [-0.25, -0.2) is 0 Å². The first-order valence-corrected chi connectivity index (χ1v) is 10.1. The average molecular weight is 364 g/mol. The SMILES string of the molecule is CCc1ccc(CN2C[C@@H]3CN(C(C)=O)[C@@H](c4ccccc4C)[C@@H]3C2)nc1. The number of aryl methyl sites for hydroxylation is 2. The summed E-state index contributed by atoms with van der Waals surface area (Å²) < 4.78 is 0. The molecule has 0 aliphatic carbocycles. The lowest BCUT2D eigenvalue weighted by atomic mass is 9.87. The van der Waals surface area contributed by atoms with Crippen LogP contribution in [0.1, 0.15) is 42.3 Å². The highest BCUT2D eigenvalue weighted by atomic mass is 16.2. The van der Waals surface area contributed by atoms with E-state index < -0.39 is 0 Å². The van der Waals surface area contributed by atoms with Gasteiger partial charge in [0.2, 0.25) is 5.91 Å². The summed E-state index contributed by atoms with van der Waals surface area (Å²) in [4.78, 5) is 21.6. The molecule has 2 fully saturated rings. The van der Waals surface area contributed by atoms with Crippen LogP contribution in [-0.4, -0.2) is 40.3 Å². The zero-order chi connectivity index (χ0) is 19.0. The number of pyridine rings is 1. The second kappa shape index (κ2) is 7.43. The van der Waals surface area contributed by atoms with Gasteiger partial charge in [-0.1, -0.05) is 37.3 Å². The molecular weight excluding hydrogens is 334 g/mol. The van der Waals surface area contributed by atoms with Crippen LogP contribution < -0.4 is 0 Å². The molecule has 3 atom stereocenters. The first-order valence-electron chi connectivity index (χ1n) is 10.1. The number of hydrogen-bond acceptors (Lipinski definition) is 3. The number of aromatic nitrogens is 1. The molecule has 2 aliphatic rings. The minimum atomic E-state index is 0.195. The molecule has 0 radical (unpaired) electrons. The highest BCUT2D eigenvalue weighted by Gasteiger charge is 2.48. The summed E-state index contributed by atoms with van der Waals surface area (Å²) in [5, 5.41) is 0. The van der Waals surface area contributed by atoms with Crippen molar-refractivity contribution in [3.8, 4) is 0 Å². The highest BCUT2D eigenvalue weighted by Crippen LogP contribution is 2.45. The Morgan fingerprint density at radius 1 is 1.15 bits per heavy atom. The van der Waals surface area contributed by atoms with E-state index in [9.17, 15) is 4.79 Å². The molecule has 3 heterocycles. The standard InChI is InChI=1S/C23H29N3O/c1-4-18-9-10-20(24-11-18)14-25-12-19-13-26(17(3)27)23(22(19)15-25)21-8-6-5-7-16(21)2/h5-11,19,22-23H,4,12-15H2,1-3H3/t19-,22-,23+/m1/s1. The lowest BCUT2D eigenvalue weighted by Gasteiger charge is -2.30. The fourth-order valence-electron chi connectivity index (χ4n) is 4.89. The Morgan fingerprint density at radius 3 is 2.63 bits per heavy atom. The second-order valence-corrected chi connectivity index (χ2v) is 8.10. The molecule has 0 unspecified atom stereocenters. The molecule has 4 heteroatoms. The number of carbonyl (C=O) groups excluding carboxylic acids is 1. The topological polar surface area (TPSA) is 36.4 Å². The molecule has 1 amide bonds. The number of likely N-dealkylation sites (tertiary alicyclic amines) is 2. The molecule has 2 aromatic rings. The lowest BCUT2D eigenvalue weighted by molar-refractivity contribution is -0.130. The summed E-state index contributed by atoms with van der Waals surface area (Å²) in [6.07, 6.45) is 3.03. The van der Waals surface area contributed by atoms with Crippen LogP contribution in [0.15, 0.2) is 42.6 Å². The number of fused-ring (bicyclic) bond motifs is 1. The minimum absolute atomic E-state index is 0.195. The van der Waals surface area contributed by atoms with Crippen LogP contribution >= 0.6 is 0 Å². The van der Waals surface area contributed by atoms with E-state index in [2.05, 4.69) is 65.0 Å². The third-order valence-electron chi connectivity index (χ3n) is 6.33. The molecule has 1 aromatic carbocycles. The van der Waals surface area contributed by atoms with Crippen LogP contribution in [0.4, 0.5) is 0 Å². The maximum Gasteiger partial charge on any atom is 0.219 e. The molecule has 27 heavy (non-hydrogen) atoms. The fraction of sp³-hybridized carbons (Fsp3) is 0.478. The van der Waals surface area contributed by atoms with Gasteiger partial charge in [-0.3, -0.25) is 14.7 Å². The summed E-state index contributed by atoms with van der Waals surface area (Å²) in [7, 11) is 0. The van der Waals surface area contributed by atoms with Crippen LogP contribution in [-0.2, 0) is 17.8 Å². The van der Waals surface area contributed by atoms with Crippen molar-refractivity contribution in [1.29, 1.82) is 0 Å². The maximum atomic E-state index is 12.3. The van der Waals surface area contributed by atoms with Crippen molar-refractivity contribution in [3.63, 3.8) is 0 Å². The Labute approximate surface area is 162 Å². The monoisotopic (exact) mass is 363 g/mol. The Bertz CT molecular complexity index is 817. The van der Waals surface area contributed by atoms with Gasteiger partial charge in [-0.2, -0.15) is 0 Å². The third kappa shape index (κ3) is 3.51. The van der Waals surface area contributed by atoms with Crippen LogP contribution in [0, 0.1) is 18.8 Å². The van der Waals surface area contributed by atoms with Gasteiger partial charge in [0.15, 0.2) is 0 Å². The first kappa shape index (κ1) is 18.2. The third-order valence-corrected chi connectivity index (χ3v) is 6.33. The van der Waals surface area contributed by atoms with Gasteiger partial charge in [-0.05, 0) is 42.0 Å². The van der Waals surface area contributed by atoms with Crippen molar-refractivity contribution < 1.29 is 4.79 Å². The Kier molecular flexibility index (Phi) is 5.00. The molecule has 1 aromatic heterocycles. The van der Waals surface area contributed by atoms with E-state index in [-0.39, 0.29) is 11.9 Å². The Hall–Kier alpha value is -2.20. The summed E-state index contributed by atoms with van der Waals surface area (Å²) in [6, 6.07) is 13.1.